The molecule has 1 aromatic rings. The molecule has 0 unspecified atom stereocenters. The highest BCUT2D eigenvalue weighted by molar-refractivity contribution is 5.50. The molecule has 0 amide bonds. The van der Waals surface area contributed by atoms with E-state index in [2.05, 4.69) is 6.08 Å². The average Bonchev–Trinajstić information content (AvgIpc) is 2.96. The Hall–Kier alpha value is -1.15. The molecule has 80 valence electrons. The maximum absolute atomic E-state index is 13.2. The number of rotatable bonds is 4. The van der Waals surface area contributed by atoms with Gasteiger partial charge in [-0.05, 0) is 30.7 Å². The Labute approximate surface area is 89.3 Å². The van der Waals surface area contributed by atoms with Crippen LogP contribution in [-0.2, 0) is 0 Å². The SMILES string of the molecule is OCC[C@@H]1C[C@H]1/C=C/c1ccccc1F. The Balaban J connectivity index is 1.93. The second kappa shape index (κ2) is 4.58. The molecule has 15 heavy (non-hydrogen) atoms. The first-order chi connectivity index (χ1) is 7.31. The van der Waals surface area contributed by atoms with Crippen LogP contribution in [0, 0.1) is 17.7 Å². The van der Waals surface area contributed by atoms with Crippen molar-refractivity contribution in [2.45, 2.75) is 12.8 Å². The molecule has 1 N–H and O–H groups in total. The van der Waals surface area contributed by atoms with Gasteiger partial charge in [0.05, 0.1) is 0 Å². The van der Waals surface area contributed by atoms with Gasteiger partial charge in [0.15, 0.2) is 0 Å². The minimum absolute atomic E-state index is 0.173. The van der Waals surface area contributed by atoms with E-state index >= 15 is 0 Å². The molecule has 1 fully saturated rings. The van der Waals surface area contributed by atoms with Crippen molar-refractivity contribution in [3.05, 3.63) is 41.7 Å². The van der Waals surface area contributed by atoms with Crippen LogP contribution in [0.25, 0.3) is 6.08 Å². The Morgan fingerprint density at radius 3 is 2.93 bits per heavy atom. The van der Waals surface area contributed by atoms with Gasteiger partial charge in [-0.2, -0.15) is 0 Å². The van der Waals surface area contributed by atoms with Gasteiger partial charge in [-0.25, -0.2) is 4.39 Å². The molecule has 1 aliphatic rings. The zero-order chi connectivity index (χ0) is 10.7. The number of aliphatic hydroxyl groups is 1. The maximum Gasteiger partial charge on any atom is 0.130 e. The lowest BCUT2D eigenvalue weighted by molar-refractivity contribution is 0.278. The van der Waals surface area contributed by atoms with Gasteiger partial charge in [0, 0.05) is 12.2 Å². The van der Waals surface area contributed by atoms with Gasteiger partial charge in [-0.3, -0.25) is 0 Å². The molecular formula is C13H15FO. The number of hydrogen-bond acceptors (Lipinski definition) is 1. The van der Waals surface area contributed by atoms with Crippen LogP contribution >= 0.6 is 0 Å². The van der Waals surface area contributed by atoms with E-state index in [9.17, 15) is 4.39 Å². The average molecular weight is 206 g/mol. The van der Waals surface area contributed by atoms with Gasteiger partial charge in [-0.15, -0.1) is 0 Å². The van der Waals surface area contributed by atoms with E-state index in [1.807, 2.05) is 12.1 Å². The Bertz CT molecular complexity index is 359. The zero-order valence-electron chi connectivity index (χ0n) is 8.57. The molecule has 1 saturated carbocycles. The highest BCUT2D eigenvalue weighted by Crippen LogP contribution is 2.42. The highest BCUT2D eigenvalue weighted by atomic mass is 19.1. The number of hydrogen-bond donors (Lipinski definition) is 1. The lowest BCUT2D eigenvalue weighted by Crippen LogP contribution is -1.85. The van der Waals surface area contributed by atoms with Gasteiger partial charge in [0.1, 0.15) is 5.82 Å². The van der Waals surface area contributed by atoms with E-state index in [-0.39, 0.29) is 12.4 Å². The summed E-state index contributed by atoms with van der Waals surface area (Å²) in [6.45, 7) is 0.259. The van der Waals surface area contributed by atoms with E-state index in [0.717, 1.165) is 12.8 Å². The van der Waals surface area contributed by atoms with Crippen molar-refractivity contribution in [1.82, 2.24) is 0 Å². The van der Waals surface area contributed by atoms with Gasteiger partial charge in [0.25, 0.3) is 0 Å². The molecule has 0 spiro atoms. The summed E-state index contributed by atoms with van der Waals surface area (Å²) in [4.78, 5) is 0. The number of aliphatic hydroxyl groups excluding tert-OH is 1. The molecule has 0 radical (unpaired) electrons. The van der Waals surface area contributed by atoms with Crippen molar-refractivity contribution in [1.29, 1.82) is 0 Å². The Morgan fingerprint density at radius 1 is 1.40 bits per heavy atom. The molecule has 1 nitrogen and oxygen atoms in total. The third-order valence-corrected chi connectivity index (χ3v) is 2.91. The molecule has 0 saturated heterocycles. The lowest BCUT2D eigenvalue weighted by atomic mass is 10.1. The Kier molecular flexibility index (Phi) is 3.17. The summed E-state index contributed by atoms with van der Waals surface area (Å²) in [5.74, 6) is 0.975. The second-order valence-corrected chi connectivity index (χ2v) is 4.05. The molecule has 1 aromatic carbocycles. The van der Waals surface area contributed by atoms with E-state index in [4.69, 9.17) is 5.11 Å². The molecule has 0 heterocycles. The second-order valence-electron chi connectivity index (χ2n) is 4.05. The smallest absolute Gasteiger partial charge is 0.130 e. The van der Waals surface area contributed by atoms with Crippen LogP contribution in [0.3, 0.4) is 0 Å². The van der Waals surface area contributed by atoms with Crippen LogP contribution in [0.4, 0.5) is 4.39 Å². The van der Waals surface area contributed by atoms with Gasteiger partial charge >= 0.3 is 0 Å². The first-order valence-electron chi connectivity index (χ1n) is 5.35. The van der Waals surface area contributed by atoms with E-state index < -0.39 is 0 Å². The number of benzene rings is 1. The Morgan fingerprint density at radius 2 is 2.20 bits per heavy atom. The van der Waals surface area contributed by atoms with Gasteiger partial charge in [0.2, 0.25) is 0 Å². The van der Waals surface area contributed by atoms with Crippen LogP contribution in [-0.4, -0.2) is 11.7 Å². The predicted molar refractivity (Wildman–Crippen MR) is 58.7 cm³/mol. The molecule has 1 aliphatic carbocycles. The van der Waals surface area contributed by atoms with Gasteiger partial charge in [-0.1, -0.05) is 30.4 Å². The van der Waals surface area contributed by atoms with E-state index in [1.165, 1.54) is 6.07 Å². The largest absolute Gasteiger partial charge is 0.396 e. The van der Waals surface area contributed by atoms with Crippen molar-refractivity contribution < 1.29 is 9.50 Å². The third kappa shape index (κ3) is 2.66. The van der Waals surface area contributed by atoms with Crippen LogP contribution in [0.15, 0.2) is 30.3 Å². The fraction of sp³-hybridized carbons (Fsp3) is 0.385. The zero-order valence-corrected chi connectivity index (χ0v) is 8.57. The molecule has 0 aliphatic heterocycles. The van der Waals surface area contributed by atoms with Gasteiger partial charge < -0.3 is 5.11 Å². The van der Waals surface area contributed by atoms with Crippen LogP contribution in [0.5, 0.6) is 0 Å². The normalized spacial score (nSPS) is 24.7. The van der Waals surface area contributed by atoms with Crippen LogP contribution in [0.1, 0.15) is 18.4 Å². The van der Waals surface area contributed by atoms with Crippen LogP contribution in [0.2, 0.25) is 0 Å². The van der Waals surface area contributed by atoms with Crippen molar-refractivity contribution in [3.63, 3.8) is 0 Å². The fourth-order valence-corrected chi connectivity index (χ4v) is 1.84. The molecule has 2 rings (SSSR count). The monoisotopic (exact) mass is 206 g/mol. The van der Waals surface area contributed by atoms with Crippen molar-refractivity contribution in [3.8, 4) is 0 Å². The summed E-state index contributed by atoms with van der Waals surface area (Å²) in [5.41, 5.74) is 0.646. The topological polar surface area (TPSA) is 20.2 Å². The number of halogens is 1. The molecular weight excluding hydrogens is 191 g/mol. The third-order valence-electron chi connectivity index (χ3n) is 2.91. The summed E-state index contributed by atoms with van der Waals surface area (Å²) in [6, 6.07) is 6.77. The van der Waals surface area contributed by atoms with Crippen molar-refractivity contribution in [2.75, 3.05) is 6.61 Å². The standard InChI is InChI=1S/C13H15FO/c14-13-4-2-1-3-10(13)5-6-11-9-12(11)7-8-15/h1-6,11-12,15H,7-9H2/b6-5+/t11-,12-/m1/s1. The highest BCUT2D eigenvalue weighted by Gasteiger charge is 2.33. The summed E-state index contributed by atoms with van der Waals surface area (Å²) < 4.78 is 13.2. The lowest BCUT2D eigenvalue weighted by Gasteiger charge is -1.95. The summed E-state index contributed by atoms with van der Waals surface area (Å²) in [5, 5.41) is 8.74. The number of allylic oxidation sites excluding steroid dienone is 1. The molecule has 2 heteroatoms. The van der Waals surface area contributed by atoms with Crippen molar-refractivity contribution in [2.24, 2.45) is 11.8 Å². The van der Waals surface area contributed by atoms with Crippen LogP contribution < -0.4 is 0 Å². The first-order valence-corrected chi connectivity index (χ1v) is 5.35. The minimum atomic E-state index is -0.173. The summed E-state index contributed by atoms with van der Waals surface area (Å²) in [6.07, 6.45) is 5.90. The van der Waals surface area contributed by atoms with Crippen molar-refractivity contribution >= 4 is 6.08 Å². The predicted octanol–water partition coefficient (Wildman–Crippen LogP) is 2.86. The minimum Gasteiger partial charge on any atom is -0.396 e. The summed E-state index contributed by atoms with van der Waals surface area (Å²) in [7, 11) is 0. The molecule has 2 atom stereocenters. The molecule has 0 bridgehead atoms. The fourth-order valence-electron chi connectivity index (χ4n) is 1.84. The van der Waals surface area contributed by atoms with E-state index in [1.54, 1.807) is 12.1 Å². The van der Waals surface area contributed by atoms with E-state index in [0.29, 0.717) is 17.4 Å². The molecule has 0 aromatic heterocycles. The first kappa shape index (κ1) is 10.4. The maximum atomic E-state index is 13.2. The summed E-state index contributed by atoms with van der Waals surface area (Å²) >= 11 is 0. The quantitative estimate of drug-likeness (QED) is 0.803.